The van der Waals surface area contributed by atoms with E-state index in [1.807, 2.05) is 22.7 Å². The third-order valence-corrected chi connectivity index (χ3v) is 7.64. The fourth-order valence-electron chi connectivity index (χ4n) is 4.70. The molecule has 11 heteroatoms. The molecule has 0 saturated carbocycles. The van der Waals surface area contributed by atoms with Crippen LogP contribution < -0.4 is 16.4 Å². The molecule has 3 amide bonds. The third-order valence-electron chi connectivity index (χ3n) is 6.51. The molecule has 0 saturated heterocycles. The second-order valence-electron chi connectivity index (χ2n) is 9.35. The monoisotopic (exact) mass is 537 g/mol. The molecule has 196 valence electrons. The number of rotatable bonds is 7. The maximum absolute atomic E-state index is 13.3. The highest BCUT2D eigenvalue weighted by Crippen LogP contribution is 2.38. The summed E-state index contributed by atoms with van der Waals surface area (Å²) in [6, 6.07) is 9.10. The Bertz CT molecular complexity index is 1530. The van der Waals surface area contributed by atoms with E-state index in [-0.39, 0.29) is 23.8 Å². The van der Waals surface area contributed by atoms with Crippen molar-refractivity contribution in [3.63, 3.8) is 0 Å². The molecule has 38 heavy (non-hydrogen) atoms. The van der Waals surface area contributed by atoms with Gasteiger partial charge in [0, 0.05) is 28.4 Å². The number of anilines is 1. The number of nitrogens with zero attached hydrogens (tertiary/aromatic N) is 2. The van der Waals surface area contributed by atoms with Crippen LogP contribution in [0.1, 0.15) is 41.8 Å². The highest BCUT2D eigenvalue weighted by Gasteiger charge is 2.30. The van der Waals surface area contributed by atoms with Gasteiger partial charge in [0.1, 0.15) is 17.7 Å². The van der Waals surface area contributed by atoms with Gasteiger partial charge in [-0.15, -0.1) is 11.3 Å². The standard InChI is InChI=1S/C27H25F2N5O3S/c1-14(31-23(35)11-15-9-17(28)12-18(29)10-15)26(37)32-19-7-5-16(6-8-19)21-13-34-24-20(25(30)36)3-2-4-22(24)38-27(34)33-21/h5-10,12-14,20H,2-4,11H2,1H3,(H2,30,36)(H,31,35)(H,32,37)/t14-,20?/m0/s1. The molecule has 1 aliphatic carbocycles. The van der Waals surface area contributed by atoms with Gasteiger partial charge in [-0.25, -0.2) is 13.8 Å². The van der Waals surface area contributed by atoms with Gasteiger partial charge in [0.25, 0.3) is 0 Å². The predicted molar refractivity (Wildman–Crippen MR) is 140 cm³/mol. The molecule has 4 aromatic rings. The molecule has 8 nitrogen and oxygen atoms in total. The number of nitrogens with two attached hydrogens (primary N) is 1. The minimum Gasteiger partial charge on any atom is -0.369 e. The maximum atomic E-state index is 13.3. The number of primary amides is 1. The van der Waals surface area contributed by atoms with Gasteiger partial charge in [0.2, 0.25) is 17.7 Å². The summed E-state index contributed by atoms with van der Waals surface area (Å²) in [6.45, 7) is 1.52. The molecule has 2 aromatic heterocycles. The Labute approximate surface area is 220 Å². The van der Waals surface area contributed by atoms with E-state index in [2.05, 4.69) is 10.6 Å². The van der Waals surface area contributed by atoms with E-state index in [0.29, 0.717) is 5.69 Å². The Morgan fingerprint density at radius 2 is 1.87 bits per heavy atom. The Balaban J connectivity index is 1.23. The van der Waals surface area contributed by atoms with Crippen molar-refractivity contribution in [2.75, 3.05) is 5.32 Å². The van der Waals surface area contributed by atoms with Gasteiger partial charge in [-0.1, -0.05) is 12.1 Å². The molecule has 0 radical (unpaired) electrons. The van der Waals surface area contributed by atoms with Gasteiger partial charge in [-0.3, -0.25) is 18.8 Å². The zero-order chi connectivity index (χ0) is 27.0. The number of hydrogen-bond acceptors (Lipinski definition) is 5. The summed E-state index contributed by atoms with van der Waals surface area (Å²) in [6.07, 6.45) is 4.23. The van der Waals surface area contributed by atoms with Gasteiger partial charge in [-0.2, -0.15) is 0 Å². The first-order valence-electron chi connectivity index (χ1n) is 12.1. The van der Waals surface area contributed by atoms with Crippen molar-refractivity contribution in [2.24, 2.45) is 5.73 Å². The summed E-state index contributed by atoms with van der Waals surface area (Å²) in [7, 11) is 0. The second kappa shape index (κ2) is 10.3. The van der Waals surface area contributed by atoms with Crippen LogP contribution in [-0.4, -0.2) is 33.1 Å². The van der Waals surface area contributed by atoms with Gasteiger partial charge >= 0.3 is 0 Å². The Hall–Kier alpha value is -4.12. The van der Waals surface area contributed by atoms with Gasteiger partial charge < -0.3 is 16.4 Å². The van der Waals surface area contributed by atoms with E-state index in [1.54, 1.807) is 23.5 Å². The van der Waals surface area contributed by atoms with Crippen LogP contribution in [0.2, 0.25) is 0 Å². The Morgan fingerprint density at radius 1 is 1.16 bits per heavy atom. The lowest BCUT2D eigenvalue weighted by atomic mass is 9.90. The number of nitrogens with one attached hydrogen (secondary N) is 2. The van der Waals surface area contributed by atoms with E-state index in [4.69, 9.17) is 10.7 Å². The first-order chi connectivity index (χ1) is 18.2. The number of thiazole rings is 1. The van der Waals surface area contributed by atoms with Crippen LogP contribution in [0.3, 0.4) is 0 Å². The molecule has 5 rings (SSSR count). The molecule has 2 aromatic carbocycles. The van der Waals surface area contributed by atoms with Crippen molar-refractivity contribution in [1.29, 1.82) is 0 Å². The highest BCUT2D eigenvalue weighted by molar-refractivity contribution is 7.17. The van der Waals surface area contributed by atoms with Crippen molar-refractivity contribution in [1.82, 2.24) is 14.7 Å². The molecular formula is C27H25F2N5O3S. The summed E-state index contributed by atoms with van der Waals surface area (Å²) in [5.74, 6) is -3.16. The lowest BCUT2D eigenvalue weighted by Crippen LogP contribution is -2.42. The quantitative estimate of drug-likeness (QED) is 0.331. The summed E-state index contributed by atoms with van der Waals surface area (Å²) >= 11 is 1.57. The smallest absolute Gasteiger partial charge is 0.246 e. The zero-order valence-electron chi connectivity index (χ0n) is 20.5. The van der Waals surface area contributed by atoms with Crippen LogP contribution in [0.15, 0.2) is 48.7 Å². The summed E-state index contributed by atoms with van der Waals surface area (Å²) in [5.41, 5.74) is 8.86. The average Bonchev–Trinajstić information content (AvgIpc) is 3.41. The average molecular weight is 538 g/mol. The number of carbonyl (C=O) groups is 3. The first-order valence-corrected chi connectivity index (χ1v) is 12.9. The van der Waals surface area contributed by atoms with E-state index < -0.39 is 29.5 Å². The van der Waals surface area contributed by atoms with Gasteiger partial charge in [0.05, 0.1) is 23.7 Å². The van der Waals surface area contributed by atoms with Crippen molar-refractivity contribution in [3.8, 4) is 11.3 Å². The van der Waals surface area contributed by atoms with Crippen LogP contribution in [-0.2, 0) is 27.2 Å². The minimum absolute atomic E-state index is 0.174. The number of carbonyl (C=O) groups excluding carboxylic acids is 3. The van der Waals surface area contributed by atoms with Crippen molar-refractivity contribution in [2.45, 2.75) is 44.6 Å². The lowest BCUT2D eigenvalue weighted by Gasteiger charge is -2.19. The fraction of sp³-hybridized carbons (Fsp3) is 0.259. The summed E-state index contributed by atoms with van der Waals surface area (Å²) in [4.78, 5) is 43.5. The van der Waals surface area contributed by atoms with Crippen LogP contribution >= 0.6 is 11.3 Å². The van der Waals surface area contributed by atoms with Crippen LogP contribution in [0.25, 0.3) is 16.2 Å². The number of aryl methyl sites for hydroxylation is 1. The van der Waals surface area contributed by atoms with Gasteiger partial charge in [0.15, 0.2) is 4.96 Å². The number of amides is 3. The Morgan fingerprint density at radius 3 is 2.55 bits per heavy atom. The van der Waals surface area contributed by atoms with E-state index in [9.17, 15) is 23.2 Å². The van der Waals surface area contributed by atoms with Crippen molar-refractivity contribution in [3.05, 3.63) is 76.4 Å². The molecule has 2 atom stereocenters. The number of hydrogen-bond donors (Lipinski definition) is 3. The number of imidazole rings is 1. The maximum Gasteiger partial charge on any atom is 0.246 e. The molecule has 0 bridgehead atoms. The Kier molecular flexibility index (Phi) is 6.94. The SMILES string of the molecule is C[C@H](NC(=O)Cc1cc(F)cc(F)c1)C(=O)Nc1ccc(-c2cn3c4c(sc3n2)CCCC4C(N)=O)cc1. The number of benzene rings is 2. The third kappa shape index (κ3) is 5.28. The topological polar surface area (TPSA) is 119 Å². The molecular weight excluding hydrogens is 512 g/mol. The molecule has 0 spiro atoms. The summed E-state index contributed by atoms with van der Waals surface area (Å²) < 4.78 is 28.6. The first kappa shape index (κ1) is 25.5. The number of fused-ring (bicyclic) bond motifs is 3. The highest BCUT2D eigenvalue weighted by atomic mass is 32.1. The number of aromatic nitrogens is 2. The van der Waals surface area contributed by atoms with Crippen molar-refractivity contribution < 1.29 is 23.2 Å². The van der Waals surface area contributed by atoms with E-state index >= 15 is 0 Å². The van der Waals surface area contributed by atoms with Crippen LogP contribution in [0.4, 0.5) is 14.5 Å². The molecule has 4 N–H and O–H groups in total. The fourth-order valence-corrected chi connectivity index (χ4v) is 5.90. The molecule has 1 unspecified atom stereocenters. The second-order valence-corrected chi connectivity index (χ2v) is 10.4. The van der Waals surface area contributed by atoms with Gasteiger partial charge in [-0.05, 0) is 56.0 Å². The molecule has 1 aliphatic rings. The normalized spacial score (nSPS) is 15.6. The number of halogens is 2. The summed E-state index contributed by atoms with van der Waals surface area (Å²) in [5, 5.41) is 5.27. The van der Waals surface area contributed by atoms with Crippen molar-refractivity contribution >= 4 is 39.7 Å². The predicted octanol–water partition coefficient (Wildman–Crippen LogP) is 3.93. The minimum atomic E-state index is -0.870. The molecule has 0 aliphatic heterocycles. The van der Waals surface area contributed by atoms with Crippen LogP contribution in [0.5, 0.6) is 0 Å². The zero-order valence-corrected chi connectivity index (χ0v) is 21.3. The molecule has 2 heterocycles. The van der Waals surface area contributed by atoms with E-state index in [1.165, 1.54) is 6.92 Å². The van der Waals surface area contributed by atoms with Crippen LogP contribution in [0, 0.1) is 11.6 Å². The van der Waals surface area contributed by atoms with E-state index in [0.717, 1.165) is 64.3 Å². The lowest BCUT2D eigenvalue weighted by molar-refractivity contribution is -0.125. The largest absolute Gasteiger partial charge is 0.369 e. The molecule has 0 fully saturated rings.